The van der Waals surface area contributed by atoms with Crippen molar-refractivity contribution in [3.05, 3.63) is 6.42 Å². The highest BCUT2D eigenvalue weighted by atomic mass is 14.3. The molecule has 0 amide bonds. The summed E-state index contributed by atoms with van der Waals surface area (Å²) in [6.07, 6.45) is 6.62. The maximum atomic E-state index is 2.52. The molecule has 1 aliphatic carbocycles. The lowest BCUT2D eigenvalue weighted by Gasteiger charge is -2.23. The Morgan fingerprint density at radius 1 is 1.18 bits per heavy atom. The summed E-state index contributed by atoms with van der Waals surface area (Å²) >= 11 is 0. The van der Waals surface area contributed by atoms with Crippen molar-refractivity contribution in [3.8, 4) is 0 Å². The molecule has 0 heterocycles. The van der Waals surface area contributed by atoms with Crippen LogP contribution >= 0.6 is 0 Å². The first-order chi connectivity index (χ1) is 4.99. The van der Waals surface area contributed by atoms with Crippen LogP contribution in [0.25, 0.3) is 0 Å². The lowest BCUT2D eigenvalue weighted by atomic mass is 9.82. The number of hydrogen-bond donors (Lipinski definition) is 0. The van der Waals surface area contributed by atoms with E-state index in [0.29, 0.717) is 5.41 Å². The molecule has 0 saturated heterocycles. The highest BCUT2D eigenvalue weighted by Crippen LogP contribution is 2.37. The summed E-state index contributed by atoms with van der Waals surface area (Å²) in [5.41, 5.74) is 0.490. The topological polar surface area (TPSA) is 0 Å². The minimum absolute atomic E-state index is 0.490. The fourth-order valence-electron chi connectivity index (χ4n) is 2.37. The monoisotopic (exact) mass is 153 g/mol. The summed E-state index contributed by atoms with van der Waals surface area (Å²) in [5, 5.41) is 0. The van der Waals surface area contributed by atoms with E-state index in [-0.39, 0.29) is 0 Å². The van der Waals surface area contributed by atoms with Gasteiger partial charge in [-0.25, -0.2) is 0 Å². The fraction of sp³-hybridized carbons (Fsp3) is 0.909. The van der Waals surface area contributed by atoms with Gasteiger partial charge in [0.25, 0.3) is 0 Å². The first-order valence-electron chi connectivity index (χ1n) is 4.84. The lowest BCUT2D eigenvalue weighted by molar-refractivity contribution is 0.328. The Labute approximate surface area is 71.4 Å². The van der Waals surface area contributed by atoms with Crippen LogP contribution in [-0.4, -0.2) is 0 Å². The van der Waals surface area contributed by atoms with Gasteiger partial charge in [0.1, 0.15) is 0 Å². The van der Waals surface area contributed by atoms with Crippen molar-refractivity contribution in [1.29, 1.82) is 0 Å². The first-order valence-corrected chi connectivity index (χ1v) is 4.84. The van der Waals surface area contributed by atoms with Crippen LogP contribution in [0.5, 0.6) is 0 Å². The third-order valence-corrected chi connectivity index (χ3v) is 2.75. The summed E-state index contributed by atoms with van der Waals surface area (Å²) in [6, 6.07) is 0. The lowest BCUT2D eigenvalue weighted by Crippen LogP contribution is -2.13. The van der Waals surface area contributed by atoms with Crippen molar-refractivity contribution in [2.75, 3.05) is 0 Å². The van der Waals surface area contributed by atoms with Crippen LogP contribution in [0.1, 0.15) is 47.0 Å². The highest BCUT2D eigenvalue weighted by Gasteiger charge is 2.26. The predicted octanol–water partition coefficient (Wildman–Crippen LogP) is 3.67. The molecule has 1 rings (SSSR count). The van der Waals surface area contributed by atoms with E-state index in [4.69, 9.17) is 0 Å². The average molecular weight is 153 g/mol. The zero-order valence-electron chi connectivity index (χ0n) is 8.35. The molecule has 0 heteroatoms. The van der Waals surface area contributed by atoms with E-state index in [9.17, 15) is 0 Å². The van der Waals surface area contributed by atoms with Crippen molar-refractivity contribution in [1.82, 2.24) is 0 Å². The van der Waals surface area contributed by atoms with Crippen molar-refractivity contribution >= 4 is 0 Å². The second-order valence-electron chi connectivity index (χ2n) is 5.08. The zero-order chi connectivity index (χ0) is 8.48. The van der Waals surface area contributed by atoms with Gasteiger partial charge in [-0.05, 0) is 42.9 Å². The van der Waals surface area contributed by atoms with Crippen molar-refractivity contribution in [2.45, 2.75) is 47.0 Å². The molecule has 0 spiro atoms. The van der Waals surface area contributed by atoms with Gasteiger partial charge in [-0.3, -0.25) is 0 Å². The summed E-state index contributed by atoms with van der Waals surface area (Å²) < 4.78 is 0. The van der Waals surface area contributed by atoms with E-state index in [0.717, 1.165) is 11.8 Å². The minimum Gasteiger partial charge on any atom is -0.0625 e. The zero-order valence-corrected chi connectivity index (χ0v) is 8.35. The summed E-state index contributed by atoms with van der Waals surface area (Å²) in [5.74, 6) is 1.82. The quantitative estimate of drug-likeness (QED) is 0.466. The van der Waals surface area contributed by atoms with E-state index < -0.39 is 0 Å². The Balaban J connectivity index is 2.53. The van der Waals surface area contributed by atoms with Crippen LogP contribution in [0.15, 0.2) is 0 Å². The molecule has 2 atom stereocenters. The molecule has 0 bridgehead atoms. The van der Waals surface area contributed by atoms with Gasteiger partial charge in [-0.15, -0.1) is 0 Å². The largest absolute Gasteiger partial charge is 0.0625 e. The van der Waals surface area contributed by atoms with Gasteiger partial charge in [0.2, 0.25) is 0 Å². The molecule has 1 fully saturated rings. The summed E-state index contributed by atoms with van der Waals surface area (Å²) in [4.78, 5) is 0. The smallest absolute Gasteiger partial charge is 0.0320 e. The Morgan fingerprint density at radius 2 is 1.82 bits per heavy atom. The Morgan fingerprint density at radius 3 is 2.45 bits per heavy atom. The van der Waals surface area contributed by atoms with Crippen LogP contribution in [0.2, 0.25) is 0 Å². The van der Waals surface area contributed by atoms with Crippen molar-refractivity contribution in [2.24, 2.45) is 17.3 Å². The molecular formula is C11H21. The Bertz CT molecular complexity index is 124. The molecule has 11 heavy (non-hydrogen) atoms. The number of hydrogen-bond acceptors (Lipinski definition) is 0. The Kier molecular flexibility index (Phi) is 2.61. The van der Waals surface area contributed by atoms with Crippen LogP contribution in [-0.2, 0) is 0 Å². The van der Waals surface area contributed by atoms with Gasteiger partial charge in [0.15, 0.2) is 0 Å². The minimum atomic E-state index is 0.490. The molecule has 1 radical (unpaired) electrons. The maximum Gasteiger partial charge on any atom is -0.0320 e. The van der Waals surface area contributed by atoms with Gasteiger partial charge < -0.3 is 0 Å². The molecule has 0 aliphatic heterocycles. The van der Waals surface area contributed by atoms with Gasteiger partial charge in [0.05, 0.1) is 0 Å². The van der Waals surface area contributed by atoms with Gasteiger partial charge >= 0.3 is 0 Å². The van der Waals surface area contributed by atoms with Crippen molar-refractivity contribution < 1.29 is 0 Å². The molecule has 0 nitrogen and oxygen atoms in total. The molecule has 65 valence electrons. The van der Waals surface area contributed by atoms with E-state index in [1.165, 1.54) is 19.3 Å². The van der Waals surface area contributed by atoms with E-state index in [1.54, 1.807) is 0 Å². The van der Waals surface area contributed by atoms with Crippen molar-refractivity contribution in [3.63, 3.8) is 0 Å². The molecule has 2 unspecified atom stereocenters. The molecule has 1 saturated carbocycles. The maximum absolute atomic E-state index is 2.52. The first kappa shape index (κ1) is 9.09. The van der Waals surface area contributed by atoms with E-state index in [1.807, 2.05) is 0 Å². The van der Waals surface area contributed by atoms with Crippen LogP contribution in [0, 0.1) is 23.7 Å². The predicted molar refractivity (Wildman–Crippen MR) is 50.3 cm³/mol. The van der Waals surface area contributed by atoms with E-state index >= 15 is 0 Å². The average Bonchev–Trinajstić information content (AvgIpc) is 1.90. The molecular weight excluding hydrogens is 132 g/mol. The standard InChI is InChI=1S/C11H21/c1-9-5-6-11(3,4)8-10(2)7-9/h6,9-10H,5,7-8H2,1-4H3. The summed E-state index contributed by atoms with van der Waals surface area (Å²) in [6.45, 7) is 9.48. The second-order valence-corrected chi connectivity index (χ2v) is 5.08. The molecule has 0 aromatic heterocycles. The van der Waals surface area contributed by atoms with Gasteiger partial charge in [-0.1, -0.05) is 27.7 Å². The van der Waals surface area contributed by atoms with Gasteiger partial charge in [0, 0.05) is 0 Å². The summed E-state index contributed by atoms with van der Waals surface area (Å²) in [7, 11) is 0. The molecule has 0 aromatic rings. The van der Waals surface area contributed by atoms with E-state index in [2.05, 4.69) is 34.1 Å². The number of rotatable bonds is 0. The third-order valence-electron chi connectivity index (χ3n) is 2.75. The molecule has 0 aromatic carbocycles. The SMILES string of the molecule is CC1C[CH]C(C)(C)CC(C)C1. The van der Waals surface area contributed by atoms with Crippen LogP contribution < -0.4 is 0 Å². The highest BCUT2D eigenvalue weighted by molar-refractivity contribution is 4.90. The molecule has 0 N–H and O–H groups in total. The van der Waals surface area contributed by atoms with Crippen LogP contribution in [0.4, 0.5) is 0 Å². The van der Waals surface area contributed by atoms with Gasteiger partial charge in [-0.2, -0.15) is 0 Å². The van der Waals surface area contributed by atoms with Crippen LogP contribution in [0.3, 0.4) is 0 Å². The Hall–Kier alpha value is 0. The fourth-order valence-corrected chi connectivity index (χ4v) is 2.37. The normalized spacial score (nSPS) is 38.2. The second kappa shape index (κ2) is 3.16. The molecule has 1 aliphatic rings. The third kappa shape index (κ3) is 2.84.